The number of carbonyl (C=O) groups is 2. The van der Waals surface area contributed by atoms with Crippen LogP contribution >= 0.6 is 0 Å². The van der Waals surface area contributed by atoms with Gasteiger partial charge in [-0.25, -0.2) is 10.3 Å². The van der Waals surface area contributed by atoms with Gasteiger partial charge < -0.3 is 5.11 Å². The fraction of sp³-hybridized carbons (Fsp3) is 0.818. The maximum absolute atomic E-state index is 11.2. The summed E-state index contributed by atoms with van der Waals surface area (Å²) in [5.74, 6) is -0.927. The van der Waals surface area contributed by atoms with Crippen molar-refractivity contribution in [2.45, 2.75) is 46.6 Å². The van der Waals surface area contributed by atoms with E-state index in [1.54, 1.807) is 0 Å². The SMILES string of the molecule is CC(C)CC(=O)NO[C@H](CC(C)C)C(=O)O. The van der Waals surface area contributed by atoms with E-state index in [2.05, 4.69) is 5.48 Å². The zero-order valence-corrected chi connectivity index (χ0v) is 10.3. The molecule has 1 amide bonds. The van der Waals surface area contributed by atoms with Crippen LogP contribution in [0.1, 0.15) is 40.5 Å². The van der Waals surface area contributed by atoms with Crippen molar-refractivity contribution < 1.29 is 19.5 Å². The quantitative estimate of drug-likeness (QED) is 0.652. The third kappa shape index (κ3) is 7.23. The zero-order valence-electron chi connectivity index (χ0n) is 10.3. The Kier molecular flexibility index (Phi) is 6.72. The predicted octanol–water partition coefficient (Wildman–Crippen LogP) is 1.58. The van der Waals surface area contributed by atoms with E-state index < -0.39 is 12.1 Å². The molecule has 2 N–H and O–H groups in total. The third-order valence-corrected chi connectivity index (χ3v) is 1.87. The molecule has 0 spiro atoms. The molecule has 94 valence electrons. The van der Waals surface area contributed by atoms with Gasteiger partial charge in [-0.15, -0.1) is 0 Å². The minimum atomic E-state index is -1.06. The van der Waals surface area contributed by atoms with Gasteiger partial charge in [0, 0.05) is 6.42 Å². The van der Waals surface area contributed by atoms with Crippen molar-refractivity contribution in [1.29, 1.82) is 0 Å². The largest absolute Gasteiger partial charge is 0.479 e. The maximum atomic E-state index is 11.2. The van der Waals surface area contributed by atoms with Gasteiger partial charge in [-0.1, -0.05) is 27.7 Å². The highest BCUT2D eigenvalue weighted by molar-refractivity contribution is 5.76. The zero-order chi connectivity index (χ0) is 12.7. The number of carboxylic acids is 1. The maximum Gasteiger partial charge on any atom is 0.335 e. The first kappa shape index (κ1) is 14.9. The Morgan fingerprint density at radius 1 is 1.19 bits per heavy atom. The van der Waals surface area contributed by atoms with E-state index in [1.807, 2.05) is 27.7 Å². The number of carbonyl (C=O) groups excluding carboxylic acids is 1. The highest BCUT2D eigenvalue weighted by Crippen LogP contribution is 2.08. The van der Waals surface area contributed by atoms with Crippen molar-refractivity contribution in [3.05, 3.63) is 0 Å². The molecule has 0 radical (unpaired) electrons. The van der Waals surface area contributed by atoms with Crippen LogP contribution in [0.15, 0.2) is 0 Å². The van der Waals surface area contributed by atoms with E-state index in [1.165, 1.54) is 0 Å². The lowest BCUT2D eigenvalue weighted by molar-refractivity contribution is -0.162. The number of carboxylic acid groups (broad SMARTS) is 1. The summed E-state index contributed by atoms with van der Waals surface area (Å²) < 4.78 is 0. The van der Waals surface area contributed by atoms with Crippen LogP contribution in [0.4, 0.5) is 0 Å². The molecule has 0 rings (SSSR count). The number of nitrogens with one attached hydrogen (secondary N) is 1. The lowest BCUT2D eigenvalue weighted by atomic mass is 10.1. The molecule has 0 fully saturated rings. The van der Waals surface area contributed by atoms with Crippen molar-refractivity contribution in [3.8, 4) is 0 Å². The number of rotatable bonds is 7. The molecule has 0 aromatic carbocycles. The van der Waals surface area contributed by atoms with Crippen LogP contribution in [0.2, 0.25) is 0 Å². The first-order valence-corrected chi connectivity index (χ1v) is 5.50. The van der Waals surface area contributed by atoms with E-state index in [9.17, 15) is 9.59 Å². The monoisotopic (exact) mass is 231 g/mol. The molecule has 0 aromatic heterocycles. The highest BCUT2D eigenvalue weighted by atomic mass is 16.7. The molecular weight excluding hydrogens is 210 g/mol. The molecule has 0 unspecified atom stereocenters. The first-order valence-electron chi connectivity index (χ1n) is 5.50. The molecule has 0 aliphatic rings. The summed E-state index contributed by atoms with van der Waals surface area (Å²) in [4.78, 5) is 26.9. The standard InChI is InChI=1S/C11H21NO4/c1-7(2)5-9(11(14)15)16-12-10(13)6-8(3)4/h7-9H,5-6H2,1-4H3,(H,12,13)(H,14,15)/t9-/m1/s1. The van der Waals surface area contributed by atoms with E-state index in [4.69, 9.17) is 9.94 Å². The second-order valence-electron chi connectivity index (χ2n) is 4.70. The van der Waals surface area contributed by atoms with Gasteiger partial charge in [-0.2, -0.15) is 0 Å². The van der Waals surface area contributed by atoms with Crippen LogP contribution in [-0.2, 0) is 14.4 Å². The van der Waals surface area contributed by atoms with Crippen LogP contribution in [0, 0.1) is 11.8 Å². The Balaban J connectivity index is 4.02. The van der Waals surface area contributed by atoms with Crippen LogP contribution < -0.4 is 5.48 Å². The molecule has 5 heteroatoms. The van der Waals surface area contributed by atoms with E-state index in [0.717, 1.165) is 0 Å². The van der Waals surface area contributed by atoms with E-state index >= 15 is 0 Å². The molecule has 0 aromatic rings. The van der Waals surface area contributed by atoms with Crippen molar-refractivity contribution >= 4 is 11.9 Å². The topological polar surface area (TPSA) is 75.6 Å². The average Bonchev–Trinajstić information content (AvgIpc) is 2.09. The van der Waals surface area contributed by atoms with Crippen molar-refractivity contribution in [1.82, 2.24) is 5.48 Å². The normalized spacial score (nSPS) is 12.9. The summed E-state index contributed by atoms with van der Waals surface area (Å²) in [6.07, 6.45) is -0.276. The molecule has 0 heterocycles. The highest BCUT2D eigenvalue weighted by Gasteiger charge is 2.21. The van der Waals surface area contributed by atoms with Crippen molar-refractivity contribution in [3.63, 3.8) is 0 Å². The summed E-state index contributed by atoms with van der Waals surface area (Å²) in [5, 5.41) is 8.84. The number of hydroxylamine groups is 1. The Bertz CT molecular complexity index is 238. The molecular formula is C11H21NO4. The van der Waals surface area contributed by atoms with Gasteiger partial charge in [-0.05, 0) is 18.3 Å². The van der Waals surface area contributed by atoms with Gasteiger partial charge in [0.15, 0.2) is 6.10 Å². The van der Waals surface area contributed by atoms with Crippen molar-refractivity contribution in [2.24, 2.45) is 11.8 Å². The average molecular weight is 231 g/mol. The Labute approximate surface area is 96.1 Å². The van der Waals surface area contributed by atoms with Crippen LogP contribution in [0.5, 0.6) is 0 Å². The molecule has 0 aliphatic carbocycles. The molecule has 0 saturated carbocycles. The van der Waals surface area contributed by atoms with Gasteiger partial charge in [0.1, 0.15) is 0 Å². The van der Waals surface area contributed by atoms with Gasteiger partial charge in [0.25, 0.3) is 0 Å². The molecule has 5 nitrogen and oxygen atoms in total. The third-order valence-electron chi connectivity index (χ3n) is 1.87. The summed E-state index contributed by atoms with van der Waals surface area (Å²) in [6, 6.07) is 0. The molecule has 0 aliphatic heterocycles. The first-order chi connectivity index (χ1) is 7.32. The van der Waals surface area contributed by atoms with E-state index in [-0.39, 0.29) is 17.7 Å². The number of aliphatic carboxylic acids is 1. The number of hydrogen-bond acceptors (Lipinski definition) is 3. The Morgan fingerprint density at radius 3 is 2.12 bits per heavy atom. The summed E-state index contributed by atoms with van der Waals surface area (Å²) in [5.41, 5.74) is 2.18. The number of amides is 1. The van der Waals surface area contributed by atoms with Gasteiger partial charge in [0.05, 0.1) is 0 Å². The summed E-state index contributed by atoms with van der Waals surface area (Å²) in [7, 11) is 0. The second-order valence-corrected chi connectivity index (χ2v) is 4.70. The lowest BCUT2D eigenvalue weighted by Gasteiger charge is -2.15. The second kappa shape index (κ2) is 7.22. The minimum absolute atomic E-state index is 0.197. The van der Waals surface area contributed by atoms with Crippen LogP contribution in [-0.4, -0.2) is 23.1 Å². The number of hydrogen-bond donors (Lipinski definition) is 2. The molecule has 16 heavy (non-hydrogen) atoms. The Hall–Kier alpha value is -1.10. The fourth-order valence-corrected chi connectivity index (χ4v) is 1.18. The lowest BCUT2D eigenvalue weighted by Crippen LogP contribution is -2.35. The molecule has 0 bridgehead atoms. The smallest absolute Gasteiger partial charge is 0.335 e. The summed E-state index contributed by atoms with van der Waals surface area (Å²) in [6.45, 7) is 7.61. The van der Waals surface area contributed by atoms with Gasteiger partial charge in [-0.3, -0.25) is 9.63 Å². The van der Waals surface area contributed by atoms with Crippen molar-refractivity contribution in [2.75, 3.05) is 0 Å². The summed E-state index contributed by atoms with van der Waals surface area (Å²) >= 11 is 0. The fourth-order valence-electron chi connectivity index (χ4n) is 1.18. The van der Waals surface area contributed by atoms with Crippen LogP contribution in [0.25, 0.3) is 0 Å². The molecule has 0 saturated heterocycles. The predicted molar refractivity (Wildman–Crippen MR) is 59.6 cm³/mol. The van der Waals surface area contributed by atoms with Gasteiger partial charge in [0.2, 0.25) is 5.91 Å². The van der Waals surface area contributed by atoms with Gasteiger partial charge >= 0.3 is 5.97 Å². The van der Waals surface area contributed by atoms with E-state index in [0.29, 0.717) is 12.8 Å². The Morgan fingerprint density at radius 2 is 1.75 bits per heavy atom. The minimum Gasteiger partial charge on any atom is -0.479 e. The molecule has 1 atom stereocenters. The van der Waals surface area contributed by atoms with Crippen LogP contribution in [0.3, 0.4) is 0 Å².